The van der Waals surface area contributed by atoms with Crippen molar-refractivity contribution in [1.29, 1.82) is 0 Å². The number of nitrogens with two attached hydrogens (primary N) is 1. The van der Waals surface area contributed by atoms with Gasteiger partial charge in [0, 0.05) is 17.2 Å². The topological polar surface area (TPSA) is 253 Å². The predicted molar refractivity (Wildman–Crippen MR) is 160 cm³/mol. The maximum atomic E-state index is 13.5. The van der Waals surface area contributed by atoms with Gasteiger partial charge in [0.2, 0.25) is 5.43 Å². The number of anilines is 1. The van der Waals surface area contributed by atoms with Gasteiger partial charge in [0.25, 0.3) is 17.0 Å². The minimum Gasteiger partial charge on any atom is -0.503 e. The van der Waals surface area contributed by atoms with Crippen LogP contribution in [-0.2, 0) is 24.7 Å². The van der Waals surface area contributed by atoms with Gasteiger partial charge >= 0.3 is 10.3 Å². The maximum Gasteiger partial charge on any atom is 0.362 e. The summed E-state index contributed by atoms with van der Waals surface area (Å²) in [7, 11) is -4.99. The van der Waals surface area contributed by atoms with E-state index in [9.17, 15) is 37.7 Å². The molecular formula is C25H25N7O10S3. The van der Waals surface area contributed by atoms with Crippen LogP contribution in [0.2, 0.25) is 0 Å². The highest BCUT2D eigenvalue weighted by atomic mass is 32.2. The van der Waals surface area contributed by atoms with Gasteiger partial charge in [-0.2, -0.15) is 13.1 Å². The molecule has 2 amide bonds. The van der Waals surface area contributed by atoms with E-state index in [4.69, 9.17) is 15.0 Å². The number of thioether (sulfide) groups is 1. The third kappa shape index (κ3) is 6.57. The number of nitrogens with one attached hydrogen (secondary N) is 1. The summed E-state index contributed by atoms with van der Waals surface area (Å²) in [4.78, 5) is 52.3. The van der Waals surface area contributed by atoms with Crippen molar-refractivity contribution in [2.45, 2.75) is 37.3 Å². The van der Waals surface area contributed by atoms with E-state index in [-0.39, 0.29) is 31.8 Å². The van der Waals surface area contributed by atoms with Crippen LogP contribution in [0.5, 0.6) is 5.75 Å². The van der Waals surface area contributed by atoms with Gasteiger partial charge in [0.15, 0.2) is 28.3 Å². The Hall–Kier alpha value is -4.66. The molecule has 0 bridgehead atoms. The summed E-state index contributed by atoms with van der Waals surface area (Å²) in [6.07, 6.45) is -0.347. The van der Waals surface area contributed by atoms with Crippen molar-refractivity contribution < 1.29 is 42.1 Å². The Labute approximate surface area is 262 Å². The lowest BCUT2D eigenvalue weighted by Crippen LogP contribution is -2.73. The highest BCUT2D eigenvalue weighted by Gasteiger charge is 2.54. The lowest BCUT2D eigenvalue weighted by Gasteiger charge is -2.43. The zero-order chi connectivity index (χ0) is 32.6. The van der Waals surface area contributed by atoms with Crippen LogP contribution in [-0.4, -0.2) is 77.7 Å². The standard InChI is InChI=1S/C25H25N7O10S3/c1-11(2)21(14-7-16(33)17(34)8-31(14)37)42-30-19(13-9-43-24(26)27-13)22(35)29-20-15(32(23(20)36)45(38,39)40)10-44-25-28-12-5-3-4-6-18(12)41-25/h3-9,11,15,20-21,34,37H,10H2,1-2H3,(H2,26,27)(H,29,35)(H,38,39,40)/b30-19-/t15-,20+,21?/m1/s1. The number of oxime groups is 1. The molecule has 45 heavy (non-hydrogen) atoms. The highest BCUT2D eigenvalue weighted by molar-refractivity contribution is 7.99. The quantitative estimate of drug-likeness (QED) is 0.0375. The number of para-hydroxylation sites is 2. The van der Waals surface area contributed by atoms with Crippen LogP contribution >= 0.6 is 23.1 Å². The van der Waals surface area contributed by atoms with E-state index in [0.717, 1.165) is 35.4 Å². The number of carbonyl (C=O) groups is 2. The highest BCUT2D eigenvalue weighted by Crippen LogP contribution is 2.31. The zero-order valence-corrected chi connectivity index (χ0v) is 25.7. The average molecular weight is 680 g/mol. The van der Waals surface area contributed by atoms with Gasteiger partial charge in [-0.25, -0.2) is 14.3 Å². The molecule has 1 aromatic carbocycles. The van der Waals surface area contributed by atoms with Crippen LogP contribution in [0.4, 0.5) is 5.13 Å². The van der Waals surface area contributed by atoms with Crippen LogP contribution in [0.15, 0.2) is 61.5 Å². The summed E-state index contributed by atoms with van der Waals surface area (Å²) in [6, 6.07) is 5.15. The Morgan fingerprint density at radius 2 is 2.02 bits per heavy atom. The fourth-order valence-corrected chi connectivity index (χ4v) is 6.86. The molecule has 3 aromatic heterocycles. The molecule has 6 N–H and O–H groups in total. The number of nitrogen functional groups attached to an aromatic ring is 1. The molecule has 4 aromatic rings. The summed E-state index contributed by atoms with van der Waals surface area (Å²) in [5.41, 5.74) is 5.36. The van der Waals surface area contributed by atoms with Crippen molar-refractivity contribution in [1.82, 2.24) is 24.3 Å². The molecule has 1 fully saturated rings. The number of carbonyl (C=O) groups excluding carboxylic acids is 2. The summed E-state index contributed by atoms with van der Waals surface area (Å²) >= 11 is 1.93. The number of hydrogen-bond acceptors (Lipinski definition) is 15. The van der Waals surface area contributed by atoms with Gasteiger partial charge in [-0.05, 0) is 18.1 Å². The Balaban J connectivity index is 1.41. The number of β-lactam (4-membered cyclic amide) rings is 1. The van der Waals surface area contributed by atoms with Crippen LogP contribution in [0.1, 0.15) is 31.3 Å². The van der Waals surface area contributed by atoms with Crippen LogP contribution in [0, 0.1) is 5.92 Å². The van der Waals surface area contributed by atoms with E-state index in [1.807, 2.05) is 0 Å². The van der Waals surface area contributed by atoms with Gasteiger partial charge in [-0.3, -0.25) is 18.9 Å². The van der Waals surface area contributed by atoms with Crippen molar-refractivity contribution in [3.05, 3.63) is 63.5 Å². The molecule has 238 valence electrons. The maximum absolute atomic E-state index is 13.5. The number of aromatic hydroxyl groups is 1. The Morgan fingerprint density at radius 1 is 1.29 bits per heavy atom. The van der Waals surface area contributed by atoms with E-state index in [1.54, 1.807) is 38.1 Å². The average Bonchev–Trinajstić information content (AvgIpc) is 3.58. The molecule has 1 aliphatic heterocycles. The minimum atomic E-state index is -4.99. The third-order valence-corrected chi connectivity index (χ3v) is 9.08. The van der Waals surface area contributed by atoms with Gasteiger partial charge in [-0.15, -0.1) is 11.3 Å². The molecule has 1 saturated heterocycles. The summed E-state index contributed by atoms with van der Waals surface area (Å²) in [6.45, 7) is 3.35. The number of pyridine rings is 1. The number of rotatable bonds is 11. The summed E-state index contributed by atoms with van der Waals surface area (Å²) in [5.74, 6) is -3.43. The molecular weight excluding hydrogens is 655 g/mol. The molecule has 3 atom stereocenters. The van der Waals surface area contributed by atoms with Gasteiger partial charge in [0.1, 0.15) is 22.9 Å². The first kappa shape index (κ1) is 31.8. The number of nitrogens with zero attached hydrogens (tertiary/aromatic N) is 5. The van der Waals surface area contributed by atoms with Gasteiger partial charge < -0.3 is 30.6 Å². The normalized spacial score (nSPS) is 17.8. The molecule has 1 aliphatic rings. The Kier molecular flexibility index (Phi) is 8.74. The lowest BCUT2D eigenvalue weighted by molar-refractivity contribution is -0.143. The van der Waals surface area contributed by atoms with Crippen molar-refractivity contribution in [2.24, 2.45) is 11.1 Å². The first-order chi connectivity index (χ1) is 21.2. The van der Waals surface area contributed by atoms with Gasteiger partial charge in [-0.1, -0.05) is 42.9 Å². The smallest absolute Gasteiger partial charge is 0.362 e. The molecule has 0 spiro atoms. The number of aromatic nitrogens is 3. The second kappa shape index (κ2) is 12.4. The molecule has 0 aliphatic carbocycles. The lowest BCUT2D eigenvalue weighted by atomic mass is 10.0. The van der Waals surface area contributed by atoms with Crippen molar-refractivity contribution in [2.75, 3.05) is 11.5 Å². The second-order valence-electron chi connectivity index (χ2n) is 9.96. The Morgan fingerprint density at radius 3 is 2.67 bits per heavy atom. The number of amides is 2. The zero-order valence-electron chi connectivity index (χ0n) is 23.3. The fourth-order valence-electron chi connectivity index (χ4n) is 4.37. The summed E-state index contributed by atoms with van der Waals surface area (Å²) < 4.78 is 40.0. The number of oxazole rings is 1. The van der Waals surface area contributed by atoms with E-state index in [1.165, 1.54) is 5.38 Å². The van der Waals surface area contributed by atoms with Gasteiger partial charge in [0.05, 0.1) is 12.2 Å². The second-order valence-corrected chi connectivity index (χ2v) is 13.1. The van der Waals surface area contributed by atoms with Crippen molar-refractivity contribution in [3.63, 3.8) is 0 Å². The molecule has 1 unspecified atom stereocenters. The molecule has 17 nitrogen and oxygen atoms in total. The molecule has 5 rings (SSSR count). The van der Waals surface area contributed by atoms with Crippen molar-refractivity contribution >= 4 is 67.2 Å². The van der Waals surface area contributed by atoms with Crippen molar-refractivity contribution in [3.8, 4) is 5.75 Å². The monoisotopic (exact) mass is 679 g/mol. The molecule has 0 saturated carbocycles. The number of thiazole rings is 1. The number of benzene rings is 1. The van der Waals surface area contributed by atoms with E-state index in [0.29, 0.717) is 15.8 Å². The van der Waals surface area contributed by atoms with E-state index < -0.39 is 63.1 Å². The predicted octanol–water partition coefficient (Wildman–Crippen LogP) is 1.38. The van der Waals surface area contributed by atoms with Crippen LogP contribution in [0.25, 0.3) is 11.1 Å². The largest absolute Gasteiger partial charge is 0.503 e. The van der Waals surface area contributed by atoms with E-state index >= 15 is 0 Å². The minimum absolute atomic E-state index is 0.0552. The van der Waals surface area contributed by atoms with Crippen LogP contribution in [0.3, 0.4) is 0 Å². The Bertz CT molecular complexity index is 1940. The SMILES string of the molecule is CC(C)C(O/N=C(\C(=O)N[C@@H]1C(=O)N(S(=O)(=O)O)[C@@H]1CSc1nc2ccccc2o1)c1csc(N)n1)c1cc(=O)c(O)cn1O. The first-order valence-electron chi connectivity index (χ1n) is 12.9. The van der Waals surface area contributed by atoms with Crippen LogP contribution < -0.4 is 16.5 Å². The molecule has 4 heterocycles. The number of fused-ring (bicyclic) bond motifs is 1. The number of hydrogen-bond donors (Lipinski definition) is 5. The third-order valence-electron chi connectivity index (χ3n) is 6.53. The molecule has 20 heteroatoms. The van der Waals surface area contributed by atoms with E-state index in [2.05, 4.69) is 20.4 Å². The first-order valence-corrected chi connectivity index (χ1v) is 16.2. The fraction of sp³-hybridized carbons (Fsp3) is 0.280. The molecule has 0 radical (unpaired) electrons. The summed E-state index contributed by atoms with van der Waals surface area (Å²) in [5, 5.41) is 27.9.